The molecule has 0 fully saturated rings. The Kier molecular flexibility index (Phi) is 3.72. The van der Waals surface area contributed by atoms with Crippen LogP contribution in [0.3, 0.4) is 0 Å². The van der Waals surface area contributed by atoms with Crippen molar-refractivity contribution in [3.63, 3.8) is 0 Å². The number of hydrogen-bond acceptors (Lipinski definition) is 2. The van der Waals surface area contributed by atoms with E-state index in [4.69, 9.17) is 0 Å². The molecular formula is C12H10BrN3O. The van der Waals surface area contributed by atoms with E-state index < -0.39 is 0 Å². The largest absolute Gasteiger partial charge is 0.331 e. The van der Waals surface area contributed by atoms with Gasteiger partial charge in [-0.3, -0.25) is 10.1 Å². The maximum absolute atomic E-state index is 11.5. The fraction of sp³-hybridized carbons (Fsp3) is 0. The molecule has 0 spiro atoms. The normalized spacial score (nSPS) is 10.6. The number of aromatic nitrogens is 2. The molecule has 2 N–H and O–H groups in total. The first kappa shape index (κ1) is 11.6. The lowest BCUT2D eigenvalue weighted by atomic mass is 10.2. The first-order chi connectivity index (χ1) is 8.24. The molecular weight excluding hydrogens is 282 g/mol. The Hall–Kier alpha value is -1.88. The van der Waals surface area contributed by atoms with Crippen molar-refractivity contribution >= 4 is 33.9 Å². The number of rotatable bonds is 3. The molecule has 0 unspecified atom stereocenters. The molecule has 5 heteroatoms. The van der Waals surface area contributed by atoms with E-state index >= 15 is 0 Å². The van der Waals surface area contributed by atoms with E-state index in [1.54, 1.807) is 18.5 Å². The highest BCUT2D eigenvalue weighted by atomic mass is 79.9. The Morgan fingerprint density at radius 1 is 1.35 bits per heavy atom. The van der Waals surface area contributed by atoms with Crippen LogP contribution in [0, 0.1) is 0 Å². The predicted molar refractivity (Wildman–Crippen MR) is 70.4 cm³/mol. The van der Waals surface area contributed by atoms with Crippen LogP contribution < -0.4 is 5.32 Å². The van der Waals surface area contributed by atoms with Crippen molar-refractivity contribution in [2.24, 2.45) is 0 Å². The fourth-order valence-electron chi connectivity index (χ4n) is 1.24. The third-order valence-electron chi connectivity index (χ3n) is 2.04. The number of amides is 1. The molecule has 4 nitrogen and oxygen atoms in total. The van der Waals surface area contributed by atoms with Gasteiger partial charge in [-0.15, -0.1) is 0 Å². The van der Waals surface area contributed by atoms with Gasteiger partial charge in [-0.2, -0.15) is 0 Å². The molecule has 0 bridgehead atoms. The highest BCUT2D eigenvalue weighted by molar-refractivity contribution is 9.10. The monoisotopic (exact) mass is 291 g/mol. The summed E-state index contributed by atoms with van der Waals surface area (Å²) < 4.78 is 1.01. The molecule has 0 radical (unpaired) electrons. The number of aromatic amines is 1. The topological polar surface area (TPSA) is 57.8 Å². The molecule has 1 amide bonds. The number of nitrogens with zero attached hydrogens (tertiary/aromatic N) is 1. The van der Waals surface area contributed by atoms with Gasteiger partial charge in [-0.05, 0) is 23.8 Å². The smallest absolute Gasteiger partial charge is 0.250 e. The number of benzene rings is 1. The zero-order valence-corrected chi connectivity index (χ0v) is 10.4. The summed E-state index contributed by atoms with van der Waals surface area (Å²) in [5, 5.41) is 2.60. The Morgan fingerprint density at radius 3 is 2.76 bits per heavy atom. The number of carbonyl (C=O) groups is 1. The standard InChI is InChI=1S/C12H10BrN3O/c13-10-4-1-9(2-5-10)3-6-11(17)16-12-14-7-8-15-12/h1-8H,(H2,14,15,16,17). The summed E-state index contributed by atoms with van der Waals surface area (Å²) in [5.74, 6) is 0.221. The lowest BCUT2D eigenvalue weighted by molar-refractivity contribution is -0.111. The van der Waals surface area contributed by atoms with Crippen LogP contribution >= 0.6 is 15.9 Å². The second kappa shape index (κ2) is 5.45. The van der Waals surface area contributed by atoms with Crippen LogP contribution in [0.25, 0.3) is 6.08 Å². The van der Waals surface area contributed by atoms with E-state index in [0.717, 1.165) is 10.0 Å². The number of halogens is 1. The van der Waals surface area contributed by atoms with Gasteiger partial charge in [0.2, 0.25) is 5.95 Å². The molecule has 17 heavy (non-hydrogen) atoms. The van der Waals surface area contributed by atoms with Gasteiger partial charge < -0.3 is 4.98 Å². The maximum Gasteiger partial charge on any atom is 0.250 e. The first-order valence-corrected chi connectivity index (χ1v) is 5.77. The molecule has 1 aromatic heterocycles. The van der Waals surface area contributed by atoms with Crippen LogP contribution in [0.2, 0.25) is 0 Å². The quantitative estimate of drug-likeness (QED) is 0.855. The molecule has 1 aromatic carbocycles. The van der Waals surface area contributed by atoms with E-state index in [1.165, 1.54) is 6.08 Å². The van der Waals surface area contributed by atoms with Gasteiger partial charge in [-0.1, -0.05) is 28.1 Å². The van der Waals surface area contributed by atoms with Crippen molar-refractivity contribution in [2.75, 3.05) is 5.32 Å². The minimum absolute atomic E-state index is 0.220. The van der Waals surface area contributed by atoms with Gasteiger partial charge in [-0.25, -0.2) is 4.98 Å². The van der Waals surface area contributed by atoms with Crippen molar-refractivity contribution in [1.82, 2.24) is 9.97 Å². The van der Waals surface area contributed by atoms with E-state index in [-0.39, 0.29) is 5.91 Å². The number of carbonyl (C=O) groups excluding carboxylic acids is 1. The molecule has 86 valence electrons. The van der Waals surface area contributed by atoms with Crippen LogP contribution in [0.5, 0.6) is 0 Å². The highest BCUT2D eigenvalue weighted by Crippen LogP contribution is 2.11. The summed E-state index contributed by atoms with van der Waals surface area (Å²) in [6, 6.07) is 7.68. The SMILES string of the molecule is O=C(C=Cc1ccc(Br)cc1)Nc1ncc[nH]1. The first-order valence-electron chi connectivity index (χ1n) is 4.98. The van der Waals surface area contributed by atoms with E-state index in [9.17, 15) is 4.79 Å². The lowest BCUT2D eigenvalue weighted by Gasteiger charge is -1.96. The van der Waals surface area contributed by atoms with E-state index in [2.05, 4.69) is 31.2 Å². The Balaban J connectivity index is 1.96. The van der Waals surface area contributed by atoms with Gasteiger partial charge in [0, 0.05) is 22.9 Å². The van der Waals surface area contributed by atoms with Crippen LogP contribution in [-0.2, 0) is 4.79 Å². The summed E-state index contributed by atoms with van der Waals surface area (Å²) in [5.41, 5.74) is 0.961. The summed E-state index contributed by atoms with van der Waals surface area (Å²) in [6.07, 6.45) is 6.43. The Bertz CT molecular complexity index is 517. The Morgan fingerprint density at radius 2 is 2.12 bits per heavy atom. The summed E-state index contributed by atoms with van der Waals surface area (Å²) in [6.45, 7) is 0. The van der Waals surface area contributed by atoms with Crippen LogP contribution in [0.15, 0.2) is 47.2 Å². The molecule has 0 saturated heterocycles. The van der Waals surface area contributed by atoms with Gasteiger partial charge in [0.1, 0.15) is 0 Å². The predicted octanol–water partition coefficient (Wildman–Crippen LogP) is 2.82. The number of hydrogen-bond donors (Lipinski definition) is 2. The van der Waals surface area contributed by atoms with Crippen LogP contribution in [0.4, 0.5) is 5.95 Å². The number of nitrogens with one attached hydrogen (secondary N) is 2. The minimum Gasteiger partial charge on any atom is -0.331 e. The van der Waals surface area contributed by atoms with Gasteiger partial charge in [0.05, 0.1) is 0 Å². The van der Waals surface area contributed by atoms with E-state index in [0.29, 0.717) is 5.95 Å². The second-order valence-corrected chi connectivity index (χ2v) is 4.23. The maximum atomic E-state index is 11.5. The molecule has 2 rings (SSSR count). The molecule has 0 atom stereocenters. The highest BCUT2D eigenvalue weighted by Gasteiger charge is 1.98. The zero-order chi connectivity index (χ0) is 12.1. The molecule has 0 aliphatic rings. The minimum atomic E-state index is -0.220. The fourth-order valence-corrected chi connectivity index (χ4v) is 1.50. The number of imidazole rings is 1. The van der Waals surface area contributed by atoms with Crippen molar-refractivity contribution < 1.29 is 4.79 Å². The van der Waals surface area contributed by atoms with Gasteiger partial charge in [0.25, 0.3) is 5.91 Å². The number of anilines is 1. The van der Waals surface area contributed by atoms with Crippen LogP contribution in [-0.4, -0.2) is 15.9 Å². The number of H-pyrrole nitrogens is 1. The van der Waals surface area contributed by atoms with Gasteiger partial charge in [0.15, 0.2) is 0 Å². The molecule has 0 saturated carbocycles. The van der Waals surface area contributed by atoms with E-state index in [1.807, 2.05) is 24.3 Å². The van der Waals surface area contributed by atoms with Crippen LogP contribution in [0.1, 0.15) is 5.56 Å². The Labute approximate surface area is 107 Å². The zero-order valence-electron chi connectivity index (χ0n) is 8.85. The summed E-state index contributed by atoms with van der Waals surface area (Å²) in [4.78, 5) is 18.2. The molecule has 2 aromatic rings. The summed E-state index contributed by atoms with van der Waals surface area (Å²) in [7, 11) is 0. The average Bonchev–Trinajstić information content (AvgIpc) is 2.81. The van der Waals surface area contributed by atoms with Crippen molar-refractivity contribution in [3.8, 4) is 0 Å². The molecule has 0 aliphatic heterocycles. The lowest BCUT2D eigenvalue weighted by Crippen LogP contribution is -2.08. The average molecular weight is 292 g/mol. The van der Waals surface area contributed by atoms with Crippen molar-refractivity contribution in [2.45, 2.75) is 0 Å². The molecule has 0 aliphatic carbocycles. The van der Waals surface area contributed by atoms with Crippen molar-refractivity contribution in [1.29, 1.82) is 0 Å². The summed E-state index contributed by atoms with van der Waals surface area (Å²) >= 11 is 3.35. The molecule has 1 heterocycles. The second-order valence-electron chi connectivity index (χ2n) is 3.31. The third kappa shape index (κ3) is 3.57. The van der Waals surface area contributed by atoms with Gasteiger partial charge >= 0.3 is 0 Å². The third-order valence-corrected chi connectivity index (χ3v) is 2.57. The van der Waals surface area contributed by atoms with Crippen molar-refractivity contribution in [3.05, 3.63) is 52.8 Å².